The van der Waals surface area contributed by atoms with Gasteiger partial charge in [-0.25, -0.2) is 13.2 Å². The number of nitro groups is 1. The van der Waals surface area contributed by atoms with Gasteiger partial charge in [0.15, 0.2) is 10.8 Å². The fraction of sp³-hybridized carbons (Fsp3) is 0.459. The zero-order chi connectivity index (χ0) is 41.6. The lowest BCUT2D eigenvalue weighted by atomic mass is 9.70. The zero-order valence-electron chi connectivity index (χ0n) is 31.3. The summed E-state index contributed by atoms with van der Waals surface area (Å²) in [6, 6.07) is 15.1. The van der Waals surface area contributed by atoms with Gasteiger partial charge in [0.1, 0.15) is 6.10 Å². The average molecular weight is 826 g/mol. The van der Waals surface area contributed by atoms with Crippen LogP contribution >= 0.6 is 0 Å². The number of para-hydroxylation sites is 1. The number of carbonyl (C=O) groups is 2. The number of hydrogen-bond donors (Lipinski definition) is 0. The van der Waals surface area contributed by atoms with Crippen LogP contribution in [0.15, 0.2) is 82.6 Å². The van der Waals surface area contributed by atoms with Gasteiger partial charge in [-0.05, 0) is 86.4 Å². The normalized spacial score (nSPS) is 22.3. The molecular weight excluding hydrogens is 784 g/mol. The van der Waals surface area contributed by atoms with Crippen molar-refractivity contribution in [3.63, 3.8) is 0 Å². The summed E-state index contributed by atoms with van der Waals surface area (Å²) in [5.41, 5.74) is -1.27. The Morgan fingerprint density at radius 2 is 1.55 bits per heavy atom. The van der Waals surface area contributed by atoms with Gasteiger partial charge in [-0.15, -0.1) is 4.28 Å². The molecule has 0 spiro atoms. The van der Waals surface area contributed by atoms with E-state index in [1.807, 2.05) is 19.9 Å². The first-order valence-corrected chi connectivity index (χ1v) is 20.4. The monoisotopic (exact) mass is 825 g/mol. The Hall–Kier alpha value is -4.75. The number of hydrogen-bond acceptors (Lipinski definition) is 11. The molecule has 2 bridgehead atoms. The van der Waals surface area contributed by atoms with Gasteiger partial charge >= 0.3 is 28.4 Å². The first kappa shape index (κ1) is 42.4. The third-order valence-electron chi connectivity index (χ3n) is 11.0. The Kier molecular flexibility index (Phi) is 11.6. The molecule has 0 aromatic heterocycles. The van der Waals surface area contributed by atoms with Crippen molar-refractivity contribution in [1.29, 1.82) is 0 Å². The van der Waals surface area contributed by atoms with E-state index in [0.29, 0.717) is 24.0 Å². The average Bonchev–Trinajstić information content (AvgIpc) is 3.42. The van der Waals surface area contributed by atoms with Crippen LogP contribution in [0.1, 0.15) is 51.7 Å². The topological polar surface area (TPSA) is 180 Å². The number of rotatable bonds is 13. The minimum atomic E-state index is -5.50. The molecule has 2 fully saturated rings. The Morgan fingerprint density at radius 3 is 2.12 bits per heavy atom. The van der Waals surface area contributed by atoms with Crippen LogP contribution in [0.4, 0.5) is 29.3 Å². The van der Waals surface area contributed by atoms with Gasteiger partial charge in [0, 0.05) is 11.5 Å². The first-order valence-electron chi connectivity index (χ1n) is 17.5. The van der Waals surface area contributed by atoms with Crippen molar-refractivity contribution >= 4 is 43.6 Å². The third-order valence-corrected chi connectivity index (χ3v) is 14.1. The Labute approximate surface area is 322 Å². The van der Waals surface area contributed by atoms with Crippen LogP contribution in [0, 0.1) is 46.6 Å². The maximum Gasteiger partial charge on any atom is 0.435 e. The van der Waals surface area contributed by atoms with Crippen LogP contribution in [0.3, 0.4) is 0 Å². The van der Waals surface area contributed by atoms with E-state index in [-0.39, 0.29) is 15.6 Å². The number of sulfonamides is 1. The maximum absolute atomic E-state index is 15.0. The number of aryl methyl sites for hydroxylation is 2. The largest absolute Gasteiger partial charge is 0.459 e. The van der Waals surface area contributed by atoms with Crippen LogP contribution in [0.25, 0.3) is 0 Å². The number of hydroxylamine groups is 2. The van der Waals surface area contributed by atoms with Gasteiger partial charge in [0.05, 0.1) is 34.7 Å². The number of nitro benzene ring substituents is 1. The SMILES string of the molecule is CCOC(=O)N(CC(C(=O)O[C@@H]1[C@H](N(c2cc(C)cc(C)c2)S(=O)(=O)c2ccccc2)[C@H]2CC[C@]1(C)C2(C)C)C(F)(F)F)OS(=O)(=O)c1ccccc1[N+](=O)[O-]. The molecule has 0 aliphatic heterocycles. The van der Waals surface area contributed by atoms with E-state index < -0.39 is 102 Å². The minimum Gasteiger partial charge on any atom is -0.459 e. The van der Waals surface area contributed by atoms with Gasteiger partial charge in [0.25, 0.3) is 15.7 Å². The minimum absolute atomic E-state index is 0.106. The van der Waals surface area contributed by atoms with Crippen molar-refractivity contribution in [3.05, 3.63) is 94.0 Å². The highest BCUT2D eigenvalue weighted by Crippen LogP contribution is 2.68. The lowest BCUT2D eigenvalue weighted by Crippen LogP contribution is -2.55. The molecule has 304 valence electrons. The molecule has 0 N–H and O–H groups in total. The predicted molar refractivity (Wildman–Crippen MR) is 195 cm³/mol. The second kappa shape index (κ2) is 15.3. The summed E-state index contributed by atoms with van der Waals surface area (Å²) in [5.74, 6) is -5.74. The van der Waals surface area contributed by atoms with E-state index >= 15 is 0 Å². The van der Waals surface area contributed by atoms with Crippen molar-refractivity contribution in [1.82, 2.24) is 5.06 Å². The van der Waals surface area contributed by atoms with Crippen molar-refractivity contribution in [2.45, 2.75) is 82.5 Å². The Bertz CT molecular complexity index is 2200. The van der Waals surface area contributed by atoms with E-state index in [1.54, 1.807) is 39.0 Å². The first-order chi connectivity index (χ1) is 26.0. The van der Waals surface area contributed by atoms with E-state index in [2.05, 4.69) is 0 Å². The fourth-order valence-corrected chi connectivity index (χ4v) is 10.8. The van der Waals surface area contributed by atoms with Gasteiger partial charge in [0.2, 0.25) is 0 Å². The van der Waals surface area contributed by atoms with Crippen molar-refractivity contribution < 1.29 is 58.3 Å². The van der Waals surface area contributed by atoms with Gasteiger partial charge < -0.3 is 9.47 Å². The Morgan fingerprint density at radius 1 is 0.964 bits per heavy atom. The number of carbonyl (C=O) groups excluding carboxylic acids is 2. The summed E-state index contributed by atoms with van der Waals surface area (Å²) >= 11 is 0. The van der Waals surface area contributed by atoms with Gasteiger partial charge in [-0.1, -0.05) is 57.2 Å². The smallest absolute Gasteiger partial charge is 0.435 e. The van der Waals surface area contributed by atoms with Crippen molar-refractivity contribution in [2.75, 3.05) is 17.5 Å². The molecule has 2 saturated carbocycles. The maximum atomic E-state index is 15.0. The lowest BCUT2D eigenvalue weighted by Gasteiger charge is -2.43. The Balaban J connectivity index is 1.59. The number of alkyl halides is 3. The molecular formula is C37H42F3N3O11S2. The number of anilines is 1. The molecule has 19 heteroatoms. The van der Waals surface area contributed by atoms with E-state index in [9.17, 15) is 49.7 Å². The van der Waals surface area contributed by atoms with Crippen LogP contribution < -0.4 is 4.31 Å². The molecule has 5 atom stereocenters. The highest BCUT2D eigenvalue weighted by molar-refractivity contribution is 7.92. The number of ether oxygens (including phenoxy) is 2. The lowest BCUT2D eigenvalue weighted by molar-refractivity contribution is -0.388. The number of halogens is 3. The molecule has 0 radical (unpaired) electrons. The molecule has 14 nitrogen and oxygen atoms in total. The molecule has 56 heavy (non-hydrogen) atoms. The second-order valence-electron chi connectivity index (χ2n) is 14.7. The molecule has 2 aliphatic rings. The number of amides is 1. The van der Waals surface area contributed by atoms with Crippen LogP contribution in [-0.4, -0.2) is 70.4 Å². The summed E-state index contributed by atoms with van der Waals surface area (Å²) in [5, 5.41) is 11.2. The number of benzene rings is 3. The number of esters is 1. The van der Waals surface area contributed by atoms with E-state index in [1.165, 1.54) is 31.2 Å². The molecule has 2 aliphatic carbocycles. The molecule has 1 amide bonds. The molecule has 0 heterocycles. The molecule has 3 aromatic carbocycles. The summed E-state index contributed by atoms with van der Waals surface area (Å²) in [6.07, 6.45) is -7.93. The fourth-order valence-electron chi connectivity index (χ4n) is 7.99. The summed E-state index contributed by atoms with van der Waals surface area (Å²) in [7, 11) is -9.84. The number of nitrogens with zero attached hydrogens (tertiary/aromatic N) is 3. The standard InChI is InChI=1S/C37H42F3N3O11S2/c1-7-52-34(45)41(54-56(50,51)30-16-12-11-15-29(30)43(46)47)22-28(37(38,39)40)33(44)53-32-31(27-17-18-36(32,6)35(27,4)5)42(25-20-23(2)19-24(3)21-25)55(48,49)26-13-9-8-10-14-26/h8-16,19-21,27-28,31-32H,7,17-18,22H2,1-6H3/t27-,28?,31-,32-,36+/m1/s1. The van der Waals surface area contributed by atoms with Crippen LogP contribution in [-0.2, 0) is 38.7 Å². The number of fused-ring (bicyclic) bond motifs is 2. The van der Waals surface area contributed by atoms with Crippen molar-refractivity contribution in [3.8, 4) is 0 Å². The highest BCUT2D eigenvalue weighted by Gasteiger charge is 2.70. The van der Waals surface area contributed by atoms with Gasteiger partial charge in [-0.2, -0.15) is 26.7 Å². The summed E-state index contributed by atoms with van der Waals surface area (Å²) in [6.45, 7) is 7.90. The predicted octanol–water partition coefficient (Wildman–Crippen LogP) is 7.10. The molecule has 0 saturated heterocycles. The van der Waals surface area contributed by atoms with E-state index in [4.69, 9.17) is 13.8 Å². The molecule has 1 unspecified atom stereocenters. The third kappa shape index (κ3) is 7.80. The van der Waals surface area contributed by atoms with Gasteiger partial charge in [-0.3, -0.25) is 19.2 Å². The summed E-state index contributed by atoms with van der Waals surface area (Å²) in [4.78, 5) is 36.2. The van der Waals surface area contributed by atoms with Crippen LogP contribution in [0.2, 0.25) is 0 Å². The summed E-state index contributed by atoms with van der Waals surface area (Å²) < 4.78 is 117. The molecule has 5 rings (SSSR count). The van der Waals surface area contributed by atoms with E-state index in [0.717, 1.165) is 28.6 Å². The molecule has 3 aromatic rings. The highest BCUT2D eigenvalue weighted by atomic mass is 32.2. The zero-order valence-corrected chi connectivity index (χ0v) is 33.0. The quantitative estimate of drug-likeness (QED) is 0.0975. The van der Waals surface area contributed by atoms with Crippen molar-refractivity contribution in [2.24, 2.45) is 22.7 Å². The second-order valence-corrected chi connectivity index (χ2v) is 18.0. The van der Waals surface area contributed by atoms with Crippen LogP contribution in [0.5, 0.6) is 0 Å².